The van der Waals surface area contributed by atoms with Crippen LogP contribution in [0.2, 0.25) is 5.02 Å². The zero-order valence-electron chi connectivity index (χ0n) is 10.2. The van der Waals surface area contributed by atoms with Crippen LogP contribution in [0, 0.1) is 5.92 Å². The first-order chi connectivity index (χ1) is 8.00. The summed E-state index contributed by atoms with van der Waals surface area (Å²) in [6.07, 6.45) is 2.16. The summed E-state index contributed by atoms with van der Waals surface area (Å²) >= 11 is 10.9. The molecule has 0 amide bonds. The van der Waals surface area contributed by atoms with Crippen molar-refractivity contribution in [3.8, 4) is 5.75 Å². The highest BCUT2D eigenvalue weighted by molar-refractivity contribution is 7.80. The van der Waals surface area contributed by atoms with E-state index in [0.717, 1.165) is 18.4 Å². The maximum Gasteiger partial charge on any atom is 0.130 e. The van der Waals surface area contributed by atoms with E-state index in [2.05, 4.69) is 13.8 Å². The van der Waals surface area contributed by atoms with Crippen molar-refractivity contribution in [2.75, 3.05) is 6.61 Å². The first-order valence-electron chi connectivity index (χ1n) is 5.73. The fraction of sp³-hybridized carbons (Fsp3) is 0.462. The van der Waals surface area contributed by atoms with Crippen molar-refractivity contribution in [1.29, 1.82) is 0 Å². The van der Waals surface area contributed by atoms with Gasteiger partial charge in [0.05, 0.1) is 12.2 Å². The van der Waals surface area contributed by atoms with Crippen molar-refractivity contribution in [3.05, 3.63) is 28.8 Å². The molecule has 0 radical (unpaired) electrons. The van der Waals surface area contributed by atoms with Gasteiger partial charge >= 0.3 is 0 Å². The maximum absolute atomic E-state index is 5.92. The molecule has 17 heavy (non-hydrogen) atoms. The number of benzene rings is 1. The molecule has 0 aliphatic heterocycles. The predicted octanol–water partition coefficient (Wildman–Crippen LogP) is 3.79. The SMILES string of the molecule is CC(C)CCCOc1cc(Cl)ccc1C(N)=S. The van der Waals surface area contributed by atoms with Crippen LogP contribution in [-0.4, -0.2) is 11.6 Å². The van der Waals surface area contributed by atoms with Crippen LogP contribution >= 0.6 is 23.8 Å². The summed E-state index contributed by atoms with van der Waals surface area (Å²) in [5, 5.41) is 0.629. The normalized spacial score (nSPS) is 10.6. The summed E-state index contributed by atoms with van der Waals surface area (Å²) in [5.74, 6) is 1.36. The average molecular weight is 272 g/mol. The molecule has 0 atom stereocenters. The Morgan fingerprint density at radius 3 is 2.76 bits per heavy atom. The van der Waals surface area contributed by atoms with Crippen LogP contribution in [0.5, 0.6) is 5.75 Å². The molecule has 2 N–H and O–H groups in total. The van der Waals surface area contributed by atoms with Gasteiger partial charge in [-0.15, -0.1) is 0 Å². The Hall–Kier alpha value is -0.800. The zero-order chi connectivity index (χ0) is 12.8. The van der Waals surface area contributed by atoms with E-state index < -0.39 is 0 Å². The van der Waals surface area contributed by atoms with Gasteiger partial charge in [-0.05, 0) is 37.0 Å². The lowest BCUT2D eigenvalue weighted by atomic mass is 10.1. The Kier molecular flexibility index (Phi) is 5.72. The minimum Gasteiger partial charge on any atom is -0.493 e. The summed E-state index contributed by atoms with van der Waals surface area (Å²) in [6, 6.07) is 5.31. The van der Waals surface area contributed by atoms with E-state index in [0.29, 0.717) is 28.3 Å². The van der Waals surface area contributed by atoms with Crippen LogP contribution in [0.25, 0.3) is 0 Å². The number of hydrogen-bond donors (Lipinski definition) is 1. The third-order valence-electron chi connectivity index (χ3n) is 2.39. The van der Waals surface area contributed by atoms with Crippen molar-refractivity contribution >= 4 is 28.8 Å². The smallest absolute Gasteiger partial charge is 0.130 e. The minimum atomic E-state index is 0.334. The Labute approximate surface area is 113 Å². The molecule has 4 heteroatoms. The van der Waals surface area contributed by atoms with Crippen LogP contribution < -0.4 is 10.5 Å². The van der Waals surface area contributed by atoms with E-state index >= 15 is 0 Å². The Bertz CT molecular complexity index is 393. The van der Waals surface area contributed by atoms with Crippen molar-refractivity contribution < 1.29 is 4.74 Å². The second kappa shape index (κ2) is 6.82. The molecule has 0 heterocycles. The number of ether oxygens (including phenoxy) is 1. The lowest BCUT2D eigenvalue weighted by Gasteiger charge is -2.11. The molecule has 0 aromatic heterocycles. The highest BCUT2D eigenvalue weighted by Crippen LogP contribution is 2.23. The number of nitrogens with two attached hydrogens (primary N) is 1. The van der Waals surface area contributed by atoms with Gasteiger partial charge in [0.25, 0.3) is 0 Å². The summed E-state index contributed by atoms with van der Waals surface area (Å²) in [7, 11) is 0. The van der Waals surface area contributed by atoms with E-state index in [1.807, 2.05) is 0 Å². The molecule has 2 nitrogen and oxygen atoms in total. The van der Waals surface area contributed by atoms with Crippen LogP contribution in [0.4, 0.5) is 0 Å². The Morgan fingerprint density at radius 1 is 1.47 bits per heavy atom. The molecule has 0 bridgehead atoms. The highest BCUT2D eigenvalue weighted by atomic mass is 35.5. The summed E-state index contributed by atoms with van der Waals surface area (Å²) in [5.41, 5.74) is 6.37. The van der Waals surface area contributed by atoms with Gasteiger partial charge < -0.3 is 10.5 Å². The van der Waals surface area contributed by atoms with Gasteiger partial charge in [-0.25, -0.2) is 0 Å². The molecule has 1 aromatic rings. The van der Waals surface area contributed by atoms with Crippen molar-refractivity contribution in [3.63, 3.8) is 0 Å². The maximum atomic E-state index is 5.92. The molecule has 0 fully saturated rings. The summed E-state index contributed by atoms with van der Waals surface area (Å²) < 4.78 is 5.68. The topological polar surface area (TPSA) is 35.2 Å². The minimum absolute atomic E-state index is 0.334. The van der Waals surface area contributed by atoms with Crippen LogP contribution in [-0.2, 0) is 0 Å². The number of halogens is 1. The Balaban J connectivity index is 2.62. The van der Waals surface area contributed by atoms with Gasteiger partial charge in [0.1, 0.15) is 10.7 Å². The van der Waals surface area contributed by atoms with Crippen molar-refractivity contribution in [1.82, 2.24) is 0 Å². The number of rotatable bonds is 6. The third-order valence-corrected chi connectivity index (χ3v) is 2.85. The molecule has 1 rings (SSSR count). The zero-order valence-corrected chi connectivity index (χ0v) is 11.8. The second-order valence-corrected chi connectivity index (χ2v) is 5.27. The van der Waals surface area contributed by atoms with Gasteiger partial charge in [0, 0.05) is 5.02 Å². The van der Waals surface area contributed by atoms with Crippen LogP contribution in [0.3, 0.4) is 0 Å². The number of thiocarbonyl (C=S) groups is 1. The number of hydrogen-bond acceptors (Lipinski definition) is 2. The van der Waals surface area contributed by atoms with Crippen LogP contribution in [0.1, 0.15) is 32.3 Å². The molecule has 0 aliphatic carbocycles. The summed E-state index contributed by atoms with van der Waals surface area (Å²) in [4.78, 5) is 0.334. The van der Waals surface area contributed by atoms with E-state index in [1.54, 1.807) is 18.2 Å². The molecule has 0 unspecified atom stereocenters. The molecule has 0 aliphatic rings. The first kappa shape index (κ1) is 14.3. The lowest BCUT2D eigenvalue weighted by molar-refractivity contribution is 0.297. The van der Waals surface area contributed by atoms with E-state index in [1.165, 1.54) is 0 Å². The molecule has 1 aromatic carbocycles. The third kappa shape index (κ3) is 4.92. The molecule has 0 spiro atoms. The molecular weight excluding hydrogens is 254 g/mol. The quantitative estimate of drug-likeness (QED) is 0.632. The molecule has 0 saturated heterocycles. The first-order valence-corrected chi connectivity index (χ1v) is 6.51. The van der Waals surface area contributed by atoms with Gasteiger partial charge in [-0.3, -0.25) is 0 Å². The van der Waals surface area contributed by atoms with Gasteiger partial charge in [0.15, 0.2) is 0 Å². The fourth-order valence-electron chi connectivity index (χ4n) is 1.49. The lowest BCUT2D eigenvalue weighted by Crippen LogP contribution is -2.12. The summed E-state index contributed by atoms with van der Waals surface area (Å²) in [6.45, 7) is 5.05. The largest absolute Gasteiger partial charge is 0.493 e. The fourth-order valence-corrected chi connectivity index (χ4v) is 1.82. The monoisotopic (exact) mass is 271 g/mol. The van der Waals surface area contributed by atoms with Crippen molar-refractivity contribution in [2.24, 2.45) is 11.7 Å². The van der Waals surface area contributed by atoms with Crippen molar-refractivity contribution in [2.45, 2.75) is 26.7 Å². The van der Waals surface area contributed by atoms with Crippen LogP contribution in [0.15, 0.2) is 18.2 Å². The Morgan fingerprint density at radius 2 is 2.18 bits per heavy atom. The second-order valence-electron chi connectivity index (χ2n) is 4.39. The highest BCUT2D eigenvalue weighted by Gasteiger charge is 2.07. The van der Waals surface area contributed by atoms with E-state index in [-0.39, 0.29) is 0 Å². The van der Waals surface area contributed by atoms with Gasteiger partial charge in [-0.1, -0.05) is 37.7 Å². The van der Waals surface area contributed by atoms with E-state index in [4.69, 9.17) is 34.3 Å². The molecule has 94 valence electrons. The van der Waals surface area contributed by atoms with Gasteiger partial charge in [0.2, 0.25) is 0 Å². The standard InChI is InChI=1S/C13H18ClNOS/c1-9(2)4-3-7-16-12-8-10(14)5-6-11(12)13(15)17/h5-6,8-9H,3-4,7H2,1-2H3,(H2,15,17). The predicted molar refractivity (Wildman–Crippen MR) is 76.9 cm³/mol. The average Bonchev–Trinajstić information content (AvgIpc) is 2.23. The van der Waals surface area contributed by atoms with Gasteiger partial charge in [-0.2, -0.15) is 0 Å². The van der Waals surface area contributed by atoms with E-state index in [9.17, 15) is 0 Å². The molecule has 0 saturated carbocycles. The molecular formula is C13H18ClNOS.